The van der Waals surface area contributed by atoms with Gasteiger partial charge >= 0.3 is 0 Å². The summed E-state index contributed by atoms with van der Waals surface area (Å²) in [5.41, 5.74) is 8.10. The number of hydrogen-bond acceptors (Lipinski definition) is 5. The lowest BCUT2D eigenvalue weighted by Crippen LogP contribution is -2.27. The molecular weight excluding hydrogens is 254 g/mol. The molecule has 1 heterocycles. The maximum absolute atomic E-state index is 10.9. The number of H-pyrrole nitrogens is 1. The van der Waals surface area contributed by atoms with Crippen LogP contribution in [0.1, 0.15) is 0 Å². The molecule has 0 aliphatic carbocycles. The predicted molar refractivity (Wildman–Crippen MR) is 71.8 cm³/mol. The SMILES string of the molecule is CS(=O)(=O)NCCNc1cc2[nH]ncc2cc1N. The number of nitrogens with zero attached hydrogens (tertiary/aromatic N) is 1. The average molecular weight is 269 g/mol. The summed E-state index contributed by atoms with van der Waals surface area (Å²) < 4.78 is 24.1. The number of rotatable bonds is 5. The van der Waals surface area contributed by atoms with E-state index in [1.54, 1.807) is 6.20 Å². The first-order chi connectivity index (χ1) is 8.46. The monoisotopic (exact) mass is 269 g/mol. The minimum absolute atomic E-state index is 0.305. The van der Waals surface area contributed by atoms with Crippen molar-refractivity contribution < 1.29 is 8.42 Å². The Bertz CT molecular complexity index is 649. The Morgan fingerprint density at radius 3 is 2.89 bits per heavy atom. The second-order valence-electron chi connectivity index (χ2n) is 3.99. The number of hydrogen-bond donors (Lipinski definition) is 4. The Balaban J connectivity index is 2.01. The highest BCUT2D eigenvalue weighted by molar-refractivity contribution is 7.88. The van der Waals surface area contributed by atoms with Gasteiger partial charge in [-0.05, 0) is 12.1 Å². The van der Waals surface area contributed by atoms with Gasteiger partial charge in [0.05, 0.1) is 29.3 Å². The number of sulfonamides is 1. The van der Waals surface area contributed by atoms with Crippen LogP contribution in [0.4, 0.5) is 11.4 Å². The molecule has 0 saturated heterocycles. The Labute approximate surface area is 105 Å². The van der Waals surface area contributed by atoms with E-state index in [2.05, 4.69) is 20.2 Å². The van der Waals surface area contributed by atoms with Crippen molar-refractivity contribution in [2.45, 2.75) is 0 Å². The highest BCUT2D eigenvalue weighted by Gasteiger charge is 2.04. The third-order valence-corrected chi connectivity index (χ3v) is 3.14. The van der Waals surface area contributed by atoms with Gasteiger partial charge in [-0.15, -0.1) is 0 Å². The third-order valence-electron chi connectivity index (χ3n) is 2.42. The summed E-state index contributed by atoms with van der Waals surface area (Å²) in [4.78, 5) is 0. The molecule has 0 fully saturated rings. The normalized spacial score (nSPS) is 11.8. The first-order valence-corrected chi connectivity index (χ1v) is 7.26. The molecule has 0 radical (unpaired) electrons. The van der Waals surface area contributed by atoms with E-state index < -0.39 is 10.0 Å². The zero-order chi connectivity index (χ0) is 13.2. The summed E-state index contributed by atoms with van der Waals surface area (Å²) in [6.07, 6.45) is 2.82. The van der Waals surface area contributed by atoms with Crippen molar-refractivity contribution in [1.29, 1.82) is 0 Å². The molecule has 0 spiro atoms. The van der Waals surface area contributed by atoms with E-state index >= 15 is 0 Å². The quantitative estimate of drug-likeness (QED) is 0.454. The lowest BCUT2D eigenvalue weighted by atomic mass is 10.2. The molecule has 0 unspecified atom stereocenters. The van der Waals surface area contributed by atoms with Gasteiger partial charge in [-0.2, -0.15) is 5.10 Å². The zero-order valence-corrected chi connectivity index (χ0v) is 10.7. The van der Waals surface area contributed by atoms with Crippen molar-refractivity contribution in [2.24, 2.45) is 0 Å². The second-order valence-corrected chi connectivity index (χ2v) is 5.82. The van der Waals surface area contributed by atoms with Crippen LogP contribution >= 0.6 is 0 Å². The molecule has 0 aliphatic rings. The molecule has 2 aromatic rings. The maximum Gasteiger partial charge on any atom is 0.208 e. The molecule has 5 N–H and O–H groups in total. The number of aromatic amines is 1. The van der Waals surface area contributed by atoms with E-state index in [1.807, 2.05) is 12.1 Å². The fraction of sp³-hybridized carbons (Fsp3) is 0.300. The summed E-state index contributed by atoms with van der Waals surface area (Å²) >= 11 is 0. The first kappa shape index (κ1) is 12.7. The molecule has 2 rings (SSSR count). The second kappa shape index (κ2) is 4.83. The Kier molecular flexibility index (Phi) is 3.39. The topological polar surface area (TPSA) is 113 Å². The van der Waals surface area contributed by atoms with Crippen LogP contribution in [0.3, 0.4) is 0 Å². The summed E-state index contributed by atoms with van der Waals surface area (Å²) in [6.45, 7) is 0.760. The predicted octanol–water partition coefficient (Wildman–Crippen LogP) is 0.106. The van der Waals surface area contributed by atoms with Crippen LogP contribution in [0, 0.1) is 0 Å². The van der Waals surface area contributed by atoms with Gasteiger partial charge in [0.15, 0.2) is 0 Å². The molecule has 0 atom stereocenters. The number of anilines is 2. The van der Waals surface area contributed by atoms with Crippen LogP contribution in [0.5, 0.6) is 0 Å². The lowest BCUT2D eigenvalue weighted by Gasteiger charge is -2.09. The highest BCUT2D eigenvalue weighted by Crippen LogP contribution is 2.24. The minimum atomic E-state index is -3.15. The fourth-order valence-corrected chi connectivity index (χ4v) is 2.07. The molecule has 0 bridgehead atoms. The first-order valence-electron chi connectivity index (χ1n) is 5.37. The molecule has 7 nitrogen and oxygen atoms in total. The van der Waals surface area contributed by atoms with Gasteiger partial charge in [-0.25, -0.2) is 13.1 Å². The van der Waals surface area contributed by atoms with Crippen LogP contribution in [-0.4, -0.2) is 38.0 Å². The molecule has 0 amide bonds. The number of nitrogens with two attached hydrogens (primary N) is 1. The third kappa shape index (κ3) is 3.11. The number of benzene rings is 1. The Morgan fingerprint density at radius 2 is 2.17 bits per heavy atom. The summed E-state index contributed by atoms with van der Waals surface area (Å²) in [5.74, 6) is 0. The summed E-state index contributed by atoms with van der Waals surface area (Å²) in [6, 6.07) is 3.66. The Morgan fingerprint density at radius 1 is 1.39 bits per heavy atom. The van der Waals surface area contributed by atoms with Gasteiger partial charge in [0.25, 0.3) is 0 Å². The maximum atomic E-state index is 10.9. The van der Waals surface area contributed by atoms with Crippen molar-refractivity contribution in [3.8, 4) is 0 Å². The minimum Gasteiger partial charge on any atom is -0.397 e. The summed E-state index contributed by atoms with van der Waals surface area (Å²) in [5, 5.41) is 10.8. The molecular formula is C10H15N5O2S. The van der Waals surface area contributed by atoms with Crippen molar-refractivity contribution in [3.05, 3.63) is 18.3 Å². The average Bonchev–Trinajstić information content (AvgIpc) is 2.70. The molecule has 98 valence electrons. The van der Waals surface area contributed by atoms with Crippen molar-refractivity contribution >= 4 is 32.3 Å². The van der Waals surface area contributed by atoms with Crippen LogP contribution < -0.4 is 15.8 Å². The number of nitrogen functional groups attached to an aromatic ring is 1. The van der Waals surface area contributed by atoms with E-state index in [0.29, 0.717) is 18.8 Å². The van der Waals surface area contributed by atoms with E-state index in [4.69, 9.17) is 5.73 Å². The molecule has 0 aliphatic heterocycles. The van der Waals surface area contributed by atoms with Gasteiger partial charge in [0, 0.05) is 18.5 Å². The number of fused-ring (bicyclic) bond motifs is 1. The summed E-state index contributed by atoms with van der Waals surface area (Å²) in [7, 11) is -3.15. The smallest absolute Gasteiger partial charge is 0.208 e. The van der Waals surface area contributed by atoms with Crippen molar-refractivity contribution in [3.63, 3.8) is 0 Å². The number of nitrogens with one attached hydrogen (secondary N) is 3. The van der Waals surface area contributed by atoms with Crippen LogP contribution in [0.2, 0.25) is 0 Å². The Hall–Kier alpha value is -1.80. The van der Waals surface area contributed by atoms with Crippen LogP contribution in [0.15, 0.2) is 18.3 Å². The van der Waals surface area contributed by atoms with Crippen molar-refractivity contribution in [1.82, 2.24) is 14.9 Å². The van der Waals surface area contributed by atoms with Crippen LogP contribution in [-0.2, 0) is 10.0 Å². The van der Waals surface area contributed by atoms with E-state index in [-0.39, 0.29) is 0 Å². The number of aromatic nitrogens is 2. The lowest BCUT2D eigenvalue weighted by molar-refractivity contribution is 0.589. The molecule has 18 heavy (non-hydrogen) atoms. The van der Waals surface area contributed by atoms with Gasteiger partial charge in [0.1, 0.15) is 0 Å². The van der Waals surface area contributed by atoms with Gasteiger partial charge < -0.3 is 11.1 Å². The highest BCUT2D eigenvalue weighted by atomic mass is 32.2. The molecule has 0 saturated carbocycles. The van der Waals surface area contributed by atoms with Crippen LogP contribution in [0.25, 0.3) is 10.9 Å². The van der Waals surface area contributed by atoms with Gasteiger partial charge in [-0.3, -0.25) is 5.10 Å². The fourth-order valence-electron chi connectivity index (χ4n) is 1.60. The zero-order valence-electron chi connectivity index (χ0n) is 9.90. The largest absolute Gasteiger partial charge is 0.397 e. The molecule has 1 aromatic heterocycles. The standard InChI is InChI=1S/C10H15N5O2S/c1-18(16,17)14-3-2-12-10-5-9-7(4-8(10)11)6-13-15-9/h4-6,12,14H,2-3,11H2,1H3,(H,13,15). The van der Waals surface area contributed by atoms with Crippen molar-refractivity contribution in [2.75, 3.05) is 30.4 Å². The van der Waals surface area contributed by atoms with E-state index in [0.717, 1.165) is 22.8 Å². The van der Waals surface area contributed by atoms with Gasteiger partial charge in [0.2, 0.25) is 10.0 Å². The van der Waals surface area contributed by atoms with Gasteiger partial charge in [-0.1, -0.05) is 0 Å². The molecule has 1 aromatic carbocycles. The molecule has 8 heteroatoms. The van der Waals surface area contributed by atoms with E-state index in [1.165, 1.54) is 0 Å². The van der Waals surface area contributed by atoms with E-state index in [9.17, 15) is 8.42 Å².